The second-order valence-corrected chi connectivity index (χ2v) is 4.08. The van der Waals surface area contributed by atoms with E-state index in [0.717, 1.165) is 36.6 Å². The maximum atomic E-state index is 5.84. The van der Waals surface area contributed by atoms with Crippen LogP contribution >= 0.6 is 0 Å². The number of nitrogens with two attached hydrogens (primary N) is 1. The van der Waals surface area contributed by atoms with Crippen LogP contribution < -0.4 is 5.73 Å². The first-order chi connectivity index (χ1) is 7.02. The van der Waals surface area contributed by atoms with Gasteiger partial charge in [-0.3, -0.25) is 4.68 Å². The maximum Gasteiger partial charge on any atom is 0.0825 e. The molecule has 0 saturated carbocycles. The van der Waals surface area contributed by atoms with Crippen LogP contribution in [0.2, 0.25) is 0 Å². The van der Waals surface area contributed by atoms with Crippen LogP contribution in [0.25, 0.3) is 0 Å². The molecule has 1 aromatic heterocycles. The van der Waals surface area contributed by atoms with E-state index < -0.39 is 0 Å². The molecule has 0 radical (unpaired) electrons. The van der Waals surface area contributed by atoms with E-state index in [4.69, 9.17) is 10.5 Å². The van der Waals surface area contributed by atoms with Crippen LogP contribution in [0.5, 0.6) is 0 Å². The minimum atomic E-state index is 0.301. The fourth-order valence-electron chi connectivity index (χ4n) is 1.46. The number of nitrogen functional groups attached to an aromatic ring is 1. The first kappa shape index (κ1) is 12.0. The van der Waals surface area contributed by atoms with Gasteiger partial charge < -0.3 is 10.5 Å². The zero-order valence-electron chi connectivity index (χ0n) is 10.1. The topological polar surface area (TPSA) is 53.1 Å². The number of ether oxygens (including phenoxy) is 1. The summed E-state index contributed by atoms with van der Waals surface area (Å²) >= 11 is 0. The van der Waals surface area contributed by atoms with Gasteiger partial charge in [0.1, 0.15) is 0 Å². The predicted molar refractivity (Wildman–Crippen MR) is 61.8 cm³/mol. The van der Waals surface area contributed by atoms with Crippen molar-refractivity contribution in [3.8, 4) is 0 Å². The van der Waals surface area contributed by atoms with Gasteiger partial charge in [-0.15, -0.1) is 0 Å². The van der Waals surface area contributed by atoms with Crippen LogP contribution in [0.4, 0.5) is 5.69 Å². The number of rotatable bonds is 5. The van der Waals surface area contributed by atoms with Crippen molar-refractivity contribution < 1.29 is 4.74 Å². The third-order valence-electron chi connectivity index (χ3n) is 2.40. The van der Waals surface area contributed by atoms with Crippen molar-refractivity contribution in [1.29, 1.82) is 0 Å². The molecule has 0 aromatic carbocycles. The van der Waals surface area contributed by atoms with E-state index in [1.165, 1.54) is 0 Å². The molecular formula is C11H21N3O. The van der Waals surface area contributed by atoms with Gasteiger partial charge in [-0.2, -0.15) is 5.10 Å². The van der Waals surface area contributed by atoms with Gasteiger partial charge in [-0.05, 0) is 34.1 Å². The Labute approximate surface area is 91.4 Å². The van der Waals surface area contributed by atoms with E-state index in [2.05, 4.69) is 5.10 Å². The summed E-state index contributed by atoms with van der Waals surface area (Å²) in [5.74, 6) is 0. The number of hydrogen-bond donors (Lipinski definition) is 1. The Morgan fingerprint density at radius 2 is 2.07 bits per heavy atom. The highest BCUT2D eigenvalue weighted by atomic mass is 16.5. The van der Waals surface area contributed by atoms with Crippen molar-refractivity contribution >= 4 is 5.69 Å². The summed E-state index contributed by atoms with van der Waals surface area (Å²) in [7, 11) is 0. The fraction of sp³-hybridized carbons (Fsp3) is 0.727. The average molecular weight is 211 g/mol. The molecule has 1 rings (SSSR count). The number of hydrogen-bond acceptors (Lipinski definition) is 3. The Balaban J connectivity index is 2.41. The predicted octanol–water partition coefficient (Wildman–Crippen LogP) is 1.90. The van der Waals surface area contributed by atoms with Crippen molar-refractivity contribution in [1.82, 2.24) is 9.78 Å². The van der Waals surface area contributed by atoms with Crippen molar-refractivity contribution in [2.75, 3.05) is 12.3 Å². The smallest absolute Gasteiger partial charge is 0.0825 e. The van der Waals surface area contributed by atoms with Crippen LogP contribution in [0.3, 0.4) is 0 Å². The average Bonchev–Trinajstić information content (AvgIpc) is 2.41. The summed E-state index contributed by atoms with van der Waals surface area (Å²) < 4.78 is 7.42. The lowest BCUT2D eigenvalue weighted by molar-refractivity contribution is 0.0742. The molecule has 0 amide bonds. The molecule has 2 N–H and O–H groups in total. The Bertz CT molecular complexity index is 318. The third-order valence-corrected chi connectivity index (χ3v) is 2.40. The van der Waals surface area contributed by atoms with Gasteiger partial charge in [0.05, 0.1) is 23.2 Å². The Hall–Kier alpha value is -1.03. The lowest BCUT2D eigenvalue weighted by Crippen LogP contribution is -2.09. The van der Waals surface area contributed by atoms with Crippen molar-refractivity contribution in [2.45, 2.75) is 46.8 Å². The molecule has 86 valence electrons. The van der Waals surface area contributed by atoms with E-state index in [-0.39, 0.29) is 0 Å². The highest BCUT2D eigenvalue weighted by molar-refractivity contribution is 5.46. The molecule has 0 aliphatic heterocycles. The second-order valence-electron chi connectivity index (χ2n) is 4.08. The van der Waals surface area contributed by atoms with Crippen LogP contribution in [-0.2, 0) is 11.3 Å². The number of aryl methyl sites for hydroxylation is 2. The van der Waals surface area contributed by atoms with Crippen molar-refractivity contribution in [2.24, 2.45) is 0 Å². The number of anilines is 1. The molecular weight excluding hydrogens is 190 g/mol. The normalized spacial score (nSPS) is 11.3. The molecule has 0 bridgehead atoms. The van der Waals surface area contributed by atoms with E-state index in [1.807, 2.05) is 32.4 Å². The summed E-state index contributed by atoms with van der Waals surface area (Å²) in [6.07, 6.45) is 1.27. The summed E-state index contributed by atoms with van der Waals surface area (Å²) in [5, 5.41) is 4.36. The monoisotopic (exact) mass is 211 g/mol. The van der Waals surface area contributed by atoms with E-state index >= 15 is 0 Å². The zero-order chi connectivity index (χ0) is 11.4. The summed E-state index contributed by atoms with van der Waals surface area (Å²) in [4.78, 5) is 0. The molecule has 0 saturated heterocycles. The minimum Gasteiger partial charge on any atom is -0.396 e. The molecule has 1 aromatic rings. The van der Waals surface area contributed by atoms with E-state index in [1.54, 1.807) is 0 Å². The first-order valence-corrected chi connectivity index (χ1v) is 5.43. The van der Waals surface area contributed by atoms with Gasteiger partial charge in [0, 0.05) is 13.2 Å². The second kappa shape index (κ2) is 5.16. The van der Waals surface area contributed by atoms with Gasteiger partial charge in [-0.25, -0.2) is 0 Å². The molecule has 0 aliphatic carbocycles. The standard InChI is InChI=1S/C11H21N3O/c1-8(2)15-7-5-6-14-10(4)11(12)9(3)13-14/h8H,5-7,12H2,1-4H3. The van der Waals surface area contributed by atoms with Gasteiger partial charge in [0.2, 0.25) is 0 Å². The van der Waals surface area contributed by atoms with E-state index in [0.29, 0.717) is 6.10 Å². The van der Waals surface area contributed by atoms with Crippen molar-refractivity contribution in [3.05, 3.63) is 11.4 Å². The fourth-order valence-corrected chi connectivity index (χ4v) is 1.46. The largest absolute Gasteiger partial charge is 0.396 e. The molecule has 0 spiro atoms. The Morgan fingerprint density at radius 3 is 2.53 bits per heavy atom. The highest BCUT2D eigenvalue weighted by Gasteiger charge is 2.07. The number of nitrogens with zero attached hydrogens (tertiary/aromatic N) is 2. The lowest BCUT2D eigenvalue weighted by Gasteiger charge is -2.08. The molecule has 1 heterocycles. The van der Waals surface area contributed by atoms with Crippen LogP contribution in [-0.4, -0.2) is 22.5 Å². The SMILES string of the molecule is Cc1nn(CCCOC(C)C)c(C)c1N. The summed E-state index contributed by atoms with van der Waals surface area (Å²) in [6.45, 7) is 9.66. The molecule has 0 unspecified atom stereocenters. The van der Waals surface area contributed by atoms with Crippen LogP contribution in [0, 0.1) is 13.8 Å². The Morgan fingerprint density at radius 1 is 1.40 bits per heavy atom. The first-order valence-electron chi connectivity index (χ1n) is 5.43. The summed E-state index contributed by atoms with van der Waals surface area (Å²) in [5.41, 5.74) is 8.61. The molecule has 0 aliphatic rings. The molecule has 0 fully saturated rings. The zero-order valence-corrected chi connectivity index (χ0v) is 10.1. The molecule has 0 atom stereocenters. The molecule has 4 heteroatoms. The van der Waals surface area contributed by atoms with Crippen LogP contribution in [0.1, 0.15) is 31.7 Å². The van der Waals surface area contributed by atoms with E-state index in [9.17, 15) is 0 Å². The molecule has 15 heavy (non-hydrogen) atoms. The number of aromatic nitrogens is 2. The minimum absolute atomic E-state index is 0.301. The van der Waals surface area contributed by atoms with Crippen molar-refractivity contribution in [3.63, 3.8) is 0 Å². The van der Waals surface area contributed by atoms with Gasteiger partial charge >= 0.3 is 0 Å². The van der Waals surface area contributed by atoms with Gasteiger partial charge in [0.15, 0.2) is 0 Å². The van der Waals surface area contributed by atoms with Crippen LogP contribution in [0.15, 0.2) is 0 Å². The summed E-state index contributed by atoms with van der Waals surface area (Å²) in [6, 6.07) is 0. The lowest BCUT2D eigenvalue weighted by atomic mass is 10.3. The third kappa shape index (κ3) is 3.23. The Kier molecular flexibility index (Phi) is 4.15. The maximum absolute atomic E-state index is 5.84. The quantitative estimate of drug-likeness (QED) is 0.757. The van der Waals surface area contributed by atoms with Gasteiger partial charge in [-0.1, -0.05) is 0 Å². The van der Waals surface area contributed by atoms with Gasteiger partial charge in [0.25, 0.3) is 0 Å². The highest BCUT2D eigenvalue weighted by Crippen LogP contribution is 2.14. The molecule has 4 nitrogen and oxygen atoms in total.